The summed E-state index contributed by atoms with van der Waals surface area (Å²) in [5, 5.41) is 3.01. The van der Waals surface area contributed by atoms with Gasteiger partial charge in [0.05, 0.1) is 21.2 Å². The number of benzene rings is 2. The number of hydrogen-bond acceptors (Lipinski definition) is 4. The van der Waals surface area contributed by atoms with Gasteiger partial charge in [-0.15, -0.1) is 0 Å². The molecule has 0 saturated carbocycles. The Morgan fingerprint density at radius 3 is 2.36 bits per heavy atom. The second-order valence-corrected chi connectivity index (χ2v) is 8.37. The quantitative estimate of drug-likeness (QED) is 0.616. The molecule has 28 heavy (non-hydrogen) atoms. The maximum absolute atomic E-state index is 12.7. The minimum absolute atomic E-state index is 0.00189. The monoisotopic (exact) mass is 418 g/mol. The van der Waals surface area contributed by atoms with Crippen LogP contribution in [0, 0.1) is 20.8 Å². The highest BCUT2D eigenvalue weighted by molar-refractivity contribution is 7.92. The molecule has 1 aromatic heterocycles. The van der Waals surface area contributed by atoms with E-state index in [0.29, 0.717) is 22.8 Å². The van der Waals surface area contributed by atoms with Crippen molar-refractivity contribution in [1.82, 2.24) is 0 Å². The molecule has 3 rings (SSSR count). The van der Waals surface area contributed by atoms with Crippen molar-refractivity contribution in [3.05, 3.63) is 76.2 Å². The summed E-state index contributed by atoms with van der Waals surface area (Å²) in [5.41, 5.74) is 1.82. The molecule has 146 valence electrons. The van der Waals surface area contributed by atoms with E-state index in [1.807, 2.05) is 0 Å². The standard InChI is InChI=1S/C20H19ClN2O4S/c1-12-13(2)27-14(3)19(12)20(24)22-15-7-6-8-16(11-15)28(25,26)23-18-10-5-4-9-17(18)21/h4-11,23H,1-3H3,(H,22,24). The van der Waals surface area contributed by atoms with Gasteiger partial charge in [-0.3, -0.25) is 9.52 Å². The topological polar surface area (TPSA) is 88.4 Å². The third kappa shape index (κ3) is 4.05. The van der Waals surface area contributed by atoms with Crippen molar-refractivity contribution in [2.45, 2.75) is 25.7 Å². The summed E-state index contributed by atoms with van der Waals surface area (Å²) < 4.78 is 33.3. The number of amides is 1. The van der Waals surface area contributed by atoms with Gasteiger partial charge in [-0.05, 0) is 51.1 Å². The molecule has 0 spiro atoms. The summed E-state index contributed by atoms with van der Waals surface area (Å²) in [7, 11) is -3.88. The molecule has 0 aliphatic heterocycles. The lowest BCUT2D eigenvalue weighted by Gasteiger charge is -2.11. The molecular formula is C20H19ClN2O4S. The first-order chi connectivity index (χ1) is 13.2. The normalized spacial score (nSPS) is 11.3. The van der Waals surface area contributed by atoms with Crippen molar-refractivity contribution in [3.8, 4) is 0 Å². The van der Waals surface area contributed by atoms with E-state index in [2.05, 4.69) is 10.0 Å². The number of hydrogen-bond donors (Lipinski definition) is 2. The van der Waals surface area contributed by atoms with E-state index in [1.54, 1.807) is 57.2 Å². The first-order valence-corrected chi connectivity index (χ1v) is 10.3. The van der Waals surface area contributed by atoms with Crippen LogP contribution in [0.2, 0.25) is 5.02 Å². The van der Waals surface area contributed by atoms with Gasteiger partial charge in [0, 0.05) is 11.3 Å². The van der Waals surface area contributed by atoms with Crippen LogP contribution >= 0.6 is 11.6 Å². The first-order valence-electron chi connectivity index (χ1n) is 8.44. The molecule has 3 aromatic rings. The number of para-hydroxylation sites is 1. The van der Waals surface area contributed by atoms with Gasteiger partial charge >= 0.3 is 0 Å². The Kier molecular flexibility index (Phi) is 5.49. The molecule has 0 radical (unpaired) electrons. The number of furan rings is 1. The Labute approximate surface area is 168 Å². The SMILES string of the molecule is Cc1oc(C)c(C(=O)Nc2cccc(S(=O)(=O)Nc3ccccc3Cl)c2)c1C. The second kappa shape index (κ2) is 7.69. The maximum atomic E-state index is 12.7. The summed E-state index contributed by atoms with van der Waals surface area (Å²) in [4.78, 5) is 12.6. The zero-order valence-corrected chi connectivity index (χ0v) is 17.1. The van der Waals surface area contributed by atoms with Gasteiger partial charge in [-0.25, -0.2) is 8.42 Å². The molecule has 0 unspecified atom stereocenters. The summed E-state index contributed by atoms with van der Waals surface area (Å²) in [6.45, 7) is 5.30. The van der Waals surface area contributed by atoms with Crippen LogP contribution in [0.1, 0.15) is 27.4 Å². The summed E-state index contributed by atoms with van der Waals surface area (Å²) >= 11 is 6.02. The number of carbonyl (C=O) groups excluding carboxylic acids is 1. The lowest BCUT2D eigenvalue weighted by atomic mass is 10.1. The molecule has 0 fully saturated rings. The molecular weight excluding hydrogens is 400 g/mol. The van der Waals surface area contributed by atoms with E-state index >= 15 is 0 Å². The van der Waals surface area contributed by atoms with Gasteiger partial charge < -0.3 is 9.73 Å². The molecule has 2 N–H and O–H groups in total. The van der Waals surface area contributed by atoms with Crippen LogP contribution in [0.15, 0.2) is 57.8 Å². The third-order valence-corrected chi connectivity index (χ3v) is 6.00. The van der Waals surface area contributed by atoms with Crippen molar-refractivity contribution >= 4 is 38.9 Å². The highest BCUT2D eigenvalue weighted by Crippen LogP contribution is 2.26. The van der Waals surface area contributed by atoms with Gasteiger partial charge in [0.15, 0.2) is 0 Å². The van der Waals surface area contributed by atoms with E-state index in [0.717, 1.165) is 5.56 Å². The molecule has 0 aliphatic carbocycles. The second-order valence-electron chi connectivity index (χ2n) is 6.28. The summed E-state index contributed by atoms with van der Waals surface area (Å²) in [6.07, 6.45) is 0. The lowest BCUT2D eigenvalue weighted by molar-refractivity contribution is 0.102. The molecule has 0 aliphatic rings. The zero-order chi connectivity index (χ0) is 20.5. The largest absolute Gasteiger partial charge is 0.466 e. The average Bonchev–Trinajstić information content (AvgIpc) is 2.89. The number of anilines is 2. The predicted octanol–water partition coefficient (Wildman–Crippen LogP) is 4.91. The molecule has 1 heterocycles. The molecule has 0 bridgehead atoms. The average molecular weight is 419 g/mol. The third-order valence-electron chi connectivity index (χ3n) is 4.31. The van der Waals surface area contributed by atoms with Crippen molar-refractivity contribution in [3.63, 3.8) is 0 Å². The fourth-order valence-electron chi connectivity index (χ4n) is 2.81. The lowest BCUT2D eigenvalue weighted by Crippen LogP contribution is -2.16. The Morgan fingerprint density at radius 1 is 1.00 bits per heavy atom. The van der Waals surface area contributed by atoms with Crippen molar-refractivity contribution in [2.75, 3.05) is 10.0 Å². The van der Waals surface area contributed by atoms with Crippen molar-refractivity contribution < 1.29 is 17.6 Å². The van der Waals surface area contributed by atoms with E-state index in [1.165, 1.54) is 12.1 Å². The zero-order valence-electron chi connectivity index (χ0n) is 15.5. The van der Waals surface area contributed by atoms with Crippen LogP contribution in [0.4, 0.5) is 11.4 Å². The van der Waals surface area contributed by atoms with Gasteiger partial charge in [0.2, 0.25) is 0 Å². The summed E-state index contributed by atoms with van der Waals surface area (Å²) in [5.74, 6) is 0.819. The number of nitrogens with one attached hydrogen (secondary N) is 2. The van der Waals surface area contributed by atoms with Gasteiger partial charge in [-0.2, -0.15) is 0 Å². The highest BCUT2D eigenvalue weighted by Gasteiger charge is 2.20. The fourth-order valence-corrected chi connectivity index (χ4v) is 4.17. The minimum atomic E-state index is -3.88. The Morgan fingerprint density at radius 2 is 1.71 bits per heavy atom. The van der Waals surface area contributed by atoms with E-state index in [4.69, 9.17) is 16.0 Å². The fraction of sp³-hybridized carbons (Fsp3) is 0.150. The van der Waals surface area contributed by atoms with Crippen LogP contribution in [0.3, 0.4) is 0 Å². The van der Waals surface area contributed by atoms with E-state index in [9.17, 15) is 13.2 Å². The number of aryl methyl sites for hydroxylation is 2. The first kappa shape index (κ1) is 20.0. The van der Waals surface area contributed by atoms with Crippen LogP contribution in [-0.2, 0) is 10.0 Å². The van der Waals surface area contributed by atoms with E-state index < -0.39 is 10.0 Å². The Hall–Kier alpha value is -2.77. The summed E-state index contributed by atoms with van der Waals surface area (Å²) in [6, 6.07) is 12.5. The van der Waals surface area contributed by atoms with Gasteiger partial charge in [0.25, 0.3) is 15.9 Å². The van der Waals surface area contributed by atoms with Crippen molar-refractivity contribution in [1.29, 1.82) is 0 Å². The number of carbonyl (C=O) groups is 1. The van der Waals surface area contributed by atoms with Crippen LogP contribution < -0.4 is 10.0 Å². The molecule has 8 heteroatoms. The number of halogens is 1. The minimum Gasteiger partial charge on any atom is -0.466 e. The molecule has 0 saturated heterocycles. The Bertz CT molecular complexity index is 1150. The molecule has 1 amide bonds. The van der Waals surface area contributed by atoms with Crippen LogP contribution in [-0.4, -0.2) is 14.3 Å². The smallest absolute Gasteiger partial charge is 0.262 e. The highest BCUT2D eigenvalue weighted by atomic mass is 35.5. The van der Waals surface area contributed by atoms with Crippen LogP contribution in [0.5, 0.6) is 0 Å². The predicted molar refractivity (Wildman–Crippen MR) is 110 cm³/mol. The van der Waals surface area contributed by atoms with Crippen molar-refractivity contribution in [2.24, 2.45) is 0 Å². The molecule has 2 aromatic carbocycles. The van der Waals surface area contributed by atoms with E-state index in [-0.39, 0.29) is 21.5 Å². The maximum Gasteiger partial charge on any atom is 0.262 e. The van der Waals surface area contributed by atoms with Crippen LogP contribution in [0.25, 0.3) is 0 Å². The Balaban J connectivity index is 1.86. The van der Waals surface area contributed by atoms with Gasteiger partial charge in [-0.1, -0.05) is 29.8 Å². The molecule has 0 atom stereocenters. The number of rotatable bonds is 5. The molecule has 6 nitrogen and oxygen atoms in total. The van der Waals surface area contributed by atoms with Gasteiger partial charge in [0.1, 0.15) is 11.5 Å². The number of sulfonamides is 1.